The van der Waals surface area contributed by atoms with E-state index in [0.29, 0.717) is 11.3 Å². The summed E-state index contributed by atoms with van der Waals surface area (Å²) in [5, 5.41) is 14.9. The summed E-state index contributed by atoms with van der Waals surface area (Å²) in [5.41, 5.74) is 4.00. The average molecular weight is 479 g/mol. The highest BCUT2D eigenvalue weighted by molar-refractivity contribution is 5.99. The zero-order valence-electron chi connectivity index (χ0n) is 21.5. The van der Waals surface area contributed by atoms with Crippen molar-refractivity contribution in [1.82, 2.24) is 10.2 Å². The van der Waals surface area contributed by atoms with Crippen molar-refractivity contribution in [1.29, 1.82) is 5.26 Å². The number of rotatable bonds is 7. The van der Waals surface area contributed by atoms with E-state index in [2.05, 4.69) is 10.6 Å². The van der Waals surface area contributed by atoms with Gasteiger partial charge < -0.3 is 20.3 Å². The highest BCUT2D eigenvalue weighted by Crippen LogP contribution is 2.29. The first-order valence-corrected chi connectivity index (χ1v) is 11.4. The Bertz CT molecular complexity index is 1120. The molecule has 0 fully saturated rings. The second-order valence-electron chi connectivity index (χ2n) is 9.55. The maximum Gasteiger partial charge on any atom is 0.408 e. The maximum atomic E-state index is 13.7. The molecule has 2 aromatic rings. The van der Waals surface area contributed by atoms with Crippen LogP contribution in [0.4, 0.5) is 10.5 Å². The lowest BCUT2D eigenvalue weighted by Gasteiger charge is -2.31. The summed E-state index contributed by atoms with van der Waals surface area (Å²) in [6.07, 6.45) is -0.758. The first-order valence-electron chi connectivity index (χ1n) is 11.4. The Labute approximate surface area is 207 Å². The van der Waals surface area contributed by atoms with Gasteiger partial charge in [0, 0.05) is 5.69 Å². The lowest BCUT2D eigenvalue weighted by Crippen LogP contribution is -2.47. The molecule has 2 rings (SSSR count). The molecule has 1 unspecified atom stereocenters. The summed E-state index contributed by atoms with van der Waals surface area (Å²) >= 11 is 0. The van der Waals surface area contributed by atoms with E-state index < -0.39 is 36.1 Å². The number of nitrogens with one attached hydrogen (secondary N) is 2. The highest BCUT2D eigenvalue weighted by Gasteiger charge is 2.33. The lowest BCUT2D eigenvalue weighted by molar-refractivity contribution is -0.137. The van der Waals surface area contributed by atoms with Crippen molar-refractivity contribution in [3.63, 3.8) is 0 Å². The van der Waals surface area contributed by atoms with Crippen molar-refractivity contribution in [2.75, 3.05) is 18.4 Å². The number of hydrogen-bond donors (Lipinski definition) is 2. The first-order chi connectivity index (χ1) is 16.3. The average Bonchev–Trinajstić information content (AvgIpc) is 2.75. The topological polar surface area (TPSA) is 112 Å². The minimum absolute atomic E-state index is 0.340. The number of para-hydroxylation sites is 1. The third-order valence-corrected chi connectivity index (χ3v) is 5.36. The Balaban J connectivity index is 2.45. The molecule has 2 N–H and O–H groups in total. The van der Waals surface area contributed by atoms with Gasteiger partial charge in [-0.05, 0) is 70.7 Å². The van der Waals surface area contributed by atoms with E-state index in [1.807, 2.05) is 70.2 Å². The molecular formula is C27H34N4O4. The van der Waals surface area contributed by atoms with Gasteiger partial charge in [-0.3, -0.25) is 9.59 Å². The van der Waals surface area contributed by atoms with Crippen LogP contribution in [0.3, 0.4) is 0 Å². The Morgan fingerprint density at radius 1 is 1.03 bits per heavy atom. The monoisotopic (exact) mass is 478 g/mol. The van der Waals surface area contributed by atoms with Crippen molar-refractivity contribution < 1.29 is 19.1 Å². The molecule has 3 amide bonds. The van der Waals surface area contributed by atoms with Crippen LogP contribution in [0.5, 0.6) is 0 Å². The third-order valence-electron chi connectivity index (χ3n) is 5.36. The number of ether oxygens (including phenoxy) is 1. The predicted octanol–water partition coefficient (Wildman–Crippen LogP) is 4.48. The van der Waals surface area contributed by atoms with Crippen molar-refractivity contribution in [2.24, 2.45) is 0 Å². The standard InChI is InChI=1S/C27H34N4O4/c1-17-11-12-18(2)21(15-17)24(25(33)30-23-19(3)9-8-10-20(23)4)31(14-13-28)22(32)16-29-26(34)35-27(5,6)7/h8-12,15,24H,14,16H2,1-7H3,(H,29,34)(H,30,33). The quantitative estimate of drug-likeness (QED) is 0.570. The van der Waals surface area contributed by atoms with Crippen LogP contribution in [0.1, 0.15) is 54.6 Å². The number of hydrogen-bond acceptors (Lipinski definition) is 5. The predicted molar refractivity (Wildman–Crippen MR) is 135 cm³/mol. The van der Waals surface area contributed by atoms with Crippen LogP contribution < -0.4 is 10.6 Å². The normalized spacial score (nSPS) is 11.7. The Morgan fingerprint density at radius 3 is 2.23 bits per heavy atom. The zero-order valence-corrected chi connectivity index (χ0v) is 21.5. The van der Waals surface area contributed by atoms with E-state index >= 15 is 0 Å². The molecule has 8 heteroatoms. The highest BCUT2D eigenvalue weighted by atomic mass is 16.6. The van der Waals surface area contributed by atoms with Gasteiger partial charge in [0.2, 0.25) is 5.91 Å². The van der Waals surface area contributed by atoms with Crippen LogP contribution in [0.2, 0.25) is 0 Å². The number of nitrogens with zero attached hydrogens (tertiary/aromatic N) is 2. The maximum absolute atomic E-state index is 13.7. The van der Waals surface area contributed by atoms with Crippen molar-refractivity contribution in [3.8, 4) is 6.07 Å². The Morgan fingerprint density at radius 2 is 1.66 bits per heavy atom. The van der Waals surface area contributed by atoms with E-state index in [1.165, 1.54) is 4.90 Å². The van der Waals surface area contributed by atoms with Gasteiger partial charge in [0.25, 0.3) is 5.91 Å². The summed E-state index contributed by atoms with van der Waals surface area (Å²) in [4.78, 5) is 40.2. The largest absolute Gasteiger partial charge is 0.444 e. The third kappa shape index (κ3) is 7.57. The second kappa shape index (κ2) is 11.5. The van der Waals surface area contributed by atoms with Crippen LogP contribution in [0.15, 0.2) is 36.4 Å². The molecule has 0 saturated heterocycles. The minimum atomic E-state index is -1.08. The SMILES string of the molecule is Cc1ccc(C)c(C(C(=O)Nc2c(C)cccc2C)N(CC#N)C(=O)CNC(=O)OC(C)(C)C)c1. The fourth-order valence-electron chi connectivity index (χ4n) is 3.67. The van der Waals surface area contributed by atoms with Crippen LogP contribution in [-0.2, 0) is 14.3 Å². The van der Waals surface area contributed by atoms with Gasteiger partial charge in [-0.15, -0.1) is 0 Å². The summed E-state index contributed by atoms with van der Waals surface area (Å²) in [6, 6.07) is 12.2. The van der Waals surface area contributed by atoms with Crippen LogP contribution >= 0.6 is 0 Å². The molecule has 0 heterocycles. The van der Waals surface area contributed by atoms with Crippen LogP contribution in [0.25, 0.3) is 0 Å². The number of aryl methyl sites for hydroxylation is 4. The van der Waals surface area contributed by atoms with Gasteiger partial charge in [-0.1, -0.05) is 42.0 Å². The summed E-state index contributed by atoms with van der Waals surface area (Å²) in [5.74, 6) is -1.03. The number of anilines is 1. The van der Waals surface area contributed by atoms with Gasteiger partial charge in [0.05, 0.1) is 6.07 Å². The van der Waals surface area contributed by atoms with E-state index in [9.17, 15) is 19.6 Å². The van der Waals surface area contributed by atoms with E-state index in [4.69, 9.17) is 4.74 Å². The fraction of sp³-hybridized carbons (Fsp3) is 0.407. The smallest absolute Gasteiger partial charge is 0.408 e. The van der Waals surface area contributed by atoms with Crippen LogP contribution in [0, 0.1) is 39.0 Å². The molecular weight excluding hydrogens is 444 g/mol. The molecule has 0 aliphatic rings. The number of alkyl carbamates (subject to hydrolysis) is 1. The van der Waals surface area contributed by atoms with Gasteiger partial charge in [0.1, 0.15) is 24.7 Å². The molecule has 35 heavy (non-hydrogen) atoms. The lowest BCUT2D eigenvalue weighted by atomic mass is 9.96. The molecule has 186 valence electrons. The minimum Gasteiger partial charge on any atom is -0.444 e. The molecule has 0 saturated carbocycles. The Kier molecular flexibility index (Phi) is 9.01. The van der Waals surface area contributed by atoms with Gasteiger partial charge >= 0.3 is 6.09 Å². The molecule has 1 atom stereocenters. The van der Waals surface area contributed by atoms with Gasteiger partial charge in [0.15, 0.2) is 0 Å². The molecule has 0 spiro atoms. The van der Waals surface area contributed by atoms with Gasteiger partial charge in [-0.25, -0.2) is 4.79 Å². The Hall–Kier alpha value is -3.86. The molecule has 0 bridgehead atoms. The van der Waals surface area contributed by atoms with E-state index in [1.54, 1.807) is 20.8 Å². The number of benzene rings is 2. The second-order valence-corrected chi connectivity index (χ2v) is 9.55. The summed E-state index contributed by atoms with van der Waals surface area (Å²) < 4.78 is 5.20. The molecule has 0 aliphatic heterocycles. The first kappa shape index (κ1) is 27.4. The zero-order chi connectivity index (χ0) is 26.3. The van der Waals surface area contributed by atoms with Crippen molar-refractivity contribution >= 4 is 23.6 Å². The van der Waals surface area contributed by atoms with Crippen molar-refractivity contribution in [2.45, 2.75) is 60.1 Å². The number of carbonyl (C=O) groups excluding carboxylic acids is 3. The molecule has 8 nitrogen and oxygen atoms in total. The number of carbonyl (C=O) groups is 3. The van der Waals surface area contributed by atoms with E-state index in [-0.39, 0.29) is 6.54 Å². The molecule has 0 aliphatic carbocycles. The molecule has 2 aromatic carbocycles. The molecule has 0 aromatic heterocycles. The van der Waals surface area contributed by atoms with Crippen LogP contribution in [-0.4, -0.2) is 41.5 Å². The number of nitriles is 1. The fourth-order valence-corrected chi connectivity index (χ4v) is 3.67. The summed E-state index contributed by atoms with van der Waals surface area (Å²) in [7, 11) is 0. The summed E-state index contributed by atoms with van der Waals surface area (Å²) in [6.45, 7) is 11.9. The molecule has 0 radical (unpaired) electrons. The van der Waals surface area contributed by atoms with Crippen molar-refractivity contribution in [3.05, 3.63) is 64.2 Å². The van der Waals surface area contributed by atoms with E-state index in [0.717, 1.165) is 22.3 Å². The van der Waals surface area contributed by atoms with Gasteiger partial charge in [-0.2, -0.15) is 5.26 Å². The number of amides is 3.